The van der Waals surface area contributed by atoms with Crippen molar-refractivity contribution in [3.05, 3.63) is 64.5 Å². The molecule has 0 atom stereocenters. The fourth-order valence-corrected chi connectivity index (χ4v) is 2.62. The number of hydrogen-bond acceptors (Lipinski definition) is 3. The highest BCUT2D eigenvalue weighted by atomic mass is 16.1. The molecule has 100 valence electrons. The Morgan fingerprint density at radius 1 is 1.20 bits per heavy atom. The van der Waals surface area contributed by atoms with Gasteiger partial charge in [0.1, 0.15) is 0 Å². The summed E-state index contributed by atoms with van der Waals surface area (Å²) in [6, 6.07) is 7.70. The number of benzene rings is 1. The predicted octanol–water partition coefficient (Wildman–Crippen LogP) is 3.10. The molecule has 1 heterocycles. The highest BCUT2D eigenvalue weighted by molar-refractivity contribution is 6.11. The van der Waals surface area contributed by atoms with Crippen molar-refractivity contribution in [2.24, 2.45) is 0 Å². The van der Waals surface area contributed by atoms with E-state index >= 15 is 0 Å². The van der Waals surface area contributed by atoms with Crippen molar-refractivity contribution in [3.8, 4) is 0 Å². The third-order valence-corrected chi connectivity index (χ3v) is 3.78. The van der Waals surface area contributed by atoms with E-state index in [2.05, 4.69) is 4.98 Å². The van der Waals surface area contributed by atoms with Gasteiger partial charge < -0.3 is 5.73 Å². The Morgan fingerprint density at radius 3 is 2.60 bits per heavy atom. The molecule has 1 aromatic carbocycles. The van der Waals surface area contributed by atoms with Gasteiger partial charge in [0.2, 0.25) is 0 Å². The molecule has 0 saturated heterocycles. The van der Waals surface area contributed by atoms with Crippen LogP contribution in [0.3, 0.4) is 0 Å². The van der Waals surface area contributed by atoms with Gasteiger partial charge >= 0.3 is 0 Å². The molecule has 2 aromatic rings. The molecule has 3 rings (SSSR count). The molecule has 0 fully saturated rings. The van der Waals surface area contributed by atoms with Crippen molar-refractivity contribution >= 4 is 17.0 Å². The fourth-order valence-electron chi connectivity index (χ4n) is 2.62. The van der Waals surface area contributed by atoms with Gasteiger partial charge in [0.05, 0.1) is 5.69 Å². The van der Waals surface area contributed by atoms with Gasteiger partial charge in [0.15, 0.2) is 5.78 Å². The molecule has 1 aliphatic rings. The second-order valence-electron chi connectivity index (χ2n) is 5.23. The molecule has 0 amide bonds. The summed E-state index contributed by atoms with van der Waals surface area (Å²) < 4.78 is 0. The molecule has 0 bridgehead atoms. The molecular formula is C17H16N2O. The maximum absolute atomic E-state index is 12.2. The number of aryl methyl sites for hydroxylation is 2. The lowest BCUT2D eigenvalue weighted by Gasteiger charge is -2.17. The Kier molecular flexibility index (Phi) is 2.90. The molecule has 0 aliphatic heterocycles. The lowest BCUT2D eigenvalue weighted by Crippen LogP contribution is -2.11. The monoisotopic (exact) mass is 264 g/mol. The lowest BCUT2D eigenvalue weighted by molar-refractivity contribution is 0.104. The van der Waals surface area contributed by atoms with Crippen LogP contribution in [0.1, 0.15) is 32.7 Å². The van der Waals surface area contributed by atoms with Crippen LogP contribution < -0.4 is 5.73 Å². The van der Waals surface area contributed by atoms with Gasteiger partial charge in [0, 0.05) is 23.9 Å². The number of rotatable bonds is 1. The zero-order chi connectivity index (χ0) is 14.3. The minimum atomic E-state index is 0.0291. The summed E-state index contributed by atoms with van der Waals surface area (Å²) in [5, 5.41) is 0. The molecule has 1 aromatic heterocycles. The van der Waals surface area contributed by atoms with Crippen molar-refractivity contribution < 1.29 is 4.79 Å². The van der Waals surface area contributed by atoms with Crippen molar-refractivity contribution in [2.45, 2.75) is 20.3 Å². The quantitative estimate of drug-likeness (QED) is 0.805. The molecule has 1 aliphatic carbocycles. The van der Waals surface area contributed by atoms with E-state index in [9.17, 15) is 4.79 Å². The number of anilines is 1. The van der Waals surface area contributed by atoms with Gasteiger partial charge in [0.25, 0.3) is 0 Å². The molecule has 3 nitrogen and oxygen atoms in total. The normalized spacial score (nSPS) is 13.9. The fraction of sp³-hybridized carbons (Fsp3) is 0.176. The third kappa shape index (κ3) is 2.01. The van der Waals surface area contributed by atoms with E-state index in [0.29, 0.717) is 12.0 Å². The minimum absolute atomic E-state index is 0.0291. The summed E-state index contributed by atoms with van der Waals surface area (Å²) >= 11 is 0. The maximum Gasteiger partial charge on any atom is 0.187 e. The predicted molar refractivity (Wildman–Crippen MR) is 80.6 cm³/mol. The third-order valence-electron chi connectivity index (χ3n) is 3.78. The topological polar surface area (TPSA) is 56.0 Å². The summed E-state index contributed by atoms with van der Waals surface area (Å²) in [6.45, 7) is 3.98. The van der Waals surface area contributed by atoms with Crippen LogP contribution in [0.25, 0.3) is 5.57 Å². The van der Waals surface area contributed by atoms with E-state index in [1.807, 2.05) is 32.0 Å². The highest BCUT2D eigenvalue weighted by Gasteiger charge is 2.19. The largest absolute Gasteiger partial charge is 0.398 e. The average Bonchev–Trinajstić information content (AvgIpc) is 2.44. The number of allylic oxidation sites excluding steroid dienone is 2. The zero-order valence-corrected chi connectivity index (χ0v) is 11.6. The molecule has 20 heavy (non-hydrogen) atoms. The van der Waals surface area contributed by atoms with E-state index in [0.717, 1.165) is 33.6 Å². The van der Waals surface area contributed by atoms with Crippen LogP contribution in [0.15, 0.2) is 36.5 Å². The highest BCUT2D eigenvalue weighted by Crippen LogP contribution is 2.29. The van der Waals surface area contributed by atoms with Gasteiger partial charge in [-0.3, -0.25) is 9.78 Å². The summed E-state index contributed by atoms with van der Waals surface area (Å²) in [5.74, 6) is 0.0291. The summed E-state index contributed by atoms with van der Waals surface area (Å²) in [7, 11) is 0. The Hall–Kier alpha value is -2.42. The summed E-state index contributed by atoms with van der Waals surface area (Å²) in [5.41, 5.74) is 12.5. The molecule has 2 N–H and O–H groups in total. The van der Waals surface area contributed by atoms with Gasteiger partial charge in [-0.15, -0.1) is 0 Å². The molecule has 3 heteroatoms. The Bertz CT molecular complexity index is 721. The van der Waals surface area contributed by atoms with E-state index in [4.69, 9.17) is 5.73 Å². The second kappa shape index (κ2) is 4.60. The SMILES string of the molecule is Cc1cc(C2=CC(=O)c3cccnc3C2)cc(C)c1N. The zero-order valence-electron chi connectivity index (χ0n) is 11.6. The van der Waals surface area contributed by atoms with Crippen LogP contribution >= 0.6 is 0 Å². The van der Waals surface area contributed by atoms with Gasteiger partial charge in [-0.05, 0) is 66.5 Å². The maximum atomic E-state index is 12.2. The number of nitrogens with zero attached hydrogens (tertiary/aromatic N) is 1. The number of carbonyl (C=O) groups excluding carboxylic acids is 1. The van der Waals surface area contributed by atoms with Crippen molar-refractivity contribution in [1.29, 1.82) is 0 Å². The first-order valence-corrected chi connectivity index (χ1v) is 6.62. The van der Waals surface area contributed by atoms with Crippen molar-refractivity contribution in [3.63, 3.8) is 0 Å². The van der Waals surface area contributed by atoms with Crippen molar-refractivity contribution in [1.82, 2.24) is 4.98 Å². The number of fused-ring (bicyclic) bond motifs is 1. The van der Waals surface area contributed by atoms with E-state index < -0.39 is 0 Å². The standard InChI is InChI=1S/C17H16N2O/c1-10-6-12(7-11(2)17(10)18)13-8-15-14(16(20)9-13)4-3-5-19-15/h3-7,9H,8,18H2,1-2H3. The first-order chi connectivity index (χ1) is 9.56. The number of aromatic nitrogens is 1. The van der Waals surface area contributed by atoms with E-state index in [1.165, 1.54) is 0 Å². The number of hydrogen-bond donors (Lipinski definition) is 1. The van der Waals surface area contributed by atoms with E-state index in [1.54, 1.807) is 18.3 Å². The molecular weight excluding hydrogens is 248 g/mol. The Labute approximate surface area is 118 Å². The molecule has 0 spiro atoms. The Morgan fingerprint density at radius 2 is 1.90 bits per heavy atom. The van der Waals surface area contributed by atoms with Crippen LogP contribution in [0.2, 0.25) is 0 Å². The smallest absolute Gasteiger partial charge is 0.187 e. The molecule has 0 radical (unpaired) electrons. The number of carbonyl (C=O) groups is 1. The van der Waals surface area contributed by atoms with Crippen molar-refractivity contribution in [2.75, 3.05) is 5.73 Å². The summed E-state index contributed by atoms with van der Waals surface area (Å²) in [4.78, 5) is 16.5. The Balaban J connectivity index is 2.07. The number of nitrogen functional groups attached to an aromatic ring is 1. The molecule has 0 unspecified atom stereocenters. The van der Waals surface area contributed by atoms with Gasteiger partial charge in [-0.2, -0.15) is 0 Å². The van der Waals surface area contributed by atoms with Crippen LogP contribution in [0, 0.1) is 13.8 Å². The molecule has 0 saturated carbocycles. The number of pyridine rings is 1. The van der Waals surface area contributed by atoms with E-state index in [-0.39, 0.29) is 5.78 Å². The average molecular weight is 264 g/mol. The number of nitrogens with two attached hydrogens (primary N) is 1. The van der Waals surface area contributed by atoms with Gasteiger partial charge in [-0.1, -0.05) is 0 Å². The van der Waals surface area contributed by atoms with Gasteiger partial charge in [-0.25, -0.2) is 0 Å². The first kappa shape index (κ1) is 12.6. The van der Waals surface area contributed by atoms with Crippen LogP contribution in [-0.4, -0.2) is 10.8 Å². The van der Waals surface area contributed by atoms with Crippen LogP contribution in [0.5, 0.6) is 0 Å². The summed E-state index contributed by atoms with van der Waals surface area (Å²) in [6.07, 6.45) is 4.13. The van der Waals surface area contributed by atoms with Crippen LogP contribution in [-0.2, 0) is 6.42 Å². The lowest BCUT2D eigenvalue weighted by atomic mass is 9.89. The number of ketones is 1. The minimum Gasteiger partial charge on any atom is -0.398 e. The van der Waals surface area contributed by atoms with Crippen LogP contribution in [0.4, 0.5) is 5.69 Å². The second-order valence-corrected chi connectivity index (χ2v) is 5.23. The first-order valence-electron chi connectivity index (χ1n) is 6.62.